The molecule has 0 unspecified atom stereocenters. The zero-order chi connectivity index (χ0) is 22.0. The number of fused-ring (bicyclic) bond motifs is 1. The second-order valence-corrected chi connectivity index (χ2v) is 8.87. The first kappa shape index (κ1) is 21.3. The van der Waals surface area contributed by atoms with Gasteiger partial charge in [-0.15, -0.1) is 11.3 Å². The Labute approximate surface area is 188 Å². The first-order chi connectivity index (χ1) is 15.0. The maximum absolute atomic E-state index is 13.4. The largest absolute Gasteiger partial charge is 0.462 e. The summed E-state index contributed by atoms with van der Waals surface area (Å²) in [5.74, 6) is -0.358. The molecule has 158 valence electrons. The fourth-order valence-corrected chi connectivity index (χ4v) is 4.62. The molecule has 0 aliphatic rings. The molecule has 7 heteroatoms. The van der Waals surface area contributed by atoms with E-state index in [9.17, 15) is 9.59 Å². The van der Waals surface area contributed by atoms with E-state index in [-0.39, 0.29) is 11.5 Å². The summed E-state index contributed by atoms with van der Waals surface area (Å²) in [7, 11) is 0. The van der Waals surface area contributed by atoms with Gasteiger partial charge in [-0.3, -0.25) is 9.36 Å². The lowest BCUT2D eigenvalue weighted by Gasteiger charge is -2.09. The Morgan fingerprint density at radius 1 is 1.19 bits per heavy atom. The molecule has 0 spiro atoms. The summed E-state index contributed by atoms with van der Waals surface area (Å²) >= 11 is 7.53. The SMILES string of the molecule is CCCOC(=O)c1cccc(Cn2cnc3sc(C)c(-c4ccc(Cl)cc4)c3c2=O)c1. The normalized spacial score (nSPS) is 11.1. The molecular weight excluding hydrogens is 432 g/mol. The molecule has 2 aromatic heterocycles. The second-order valence-electron chi connectivity index (χ2n) is 7.23. The number of benzene rings is 2. The number of aromatic nitrogens is 2. The van der Waals surface area contributed by atoms with Gasteiger partial charge in [0.05, 0.1) is 30.4 Å². The van der Waals surface area contributed by atoms with E-state index in [0.29, 0.717) is 34.0 Å². The Hall–Kier alpha value is -2.96. The molecule has 0 atom stereocenters. The molecule has 0 radical (unpaired) electrons. The third-order valence-corrected chi connectivity index (χ3v) is 6.21. The number of halogens is 1. The van der Waals surface area contributed by atoms with Gasteiger partial charge >= 0.3 is 5.97 Å². The molecule has 31 heavy (non-hydrogen) atoms. The van der Waals surface area contributed by atoms with E-state index in [2.05, 4.69) is 4.98 Å². The van der Waals surface area contributed by atoms with Crippen molar-refractivity contribution in [2.24, 2.45) is 0 Å². The Morgan fingerprint density at radius 2 is 1.97 bits per heavy atom. The van der Waals surface area contributed by atoms with Gasteiger partial charge < -0.3 is 4.74 Å². The fourth-order valence-electron chi connectivity index (χ4n) is 3.49. The first-order valence-corrected chi connectivity index (χ1v) is 11.2. The van der Waals surface area contributed by atoms with Crippen LogP contribution in [0.4, 0.5) is 0 Å². The molecule has 0 aliphatic heterocycles. The zero-order valence-electron chi connectivity index (χ0n) is 17.2. The van der Waals surface area contributed by atoms with Gasteiger partial charge in [-0.25, -0.2) is 9.78 Å². The van der Waals surface area contributed by atoms with Crippen molar-refractivity contribution in [2.45, 2.75) is 26.8 Å². The lowest BCUT2D eigenvalue weighted by atomic mass is 10.0. The van der Waals surface area contributed by atoms with Gasteiger partial charge in [0.2, 0.25) is 0 Å². The van der Waals surface area contributed by atoms with Crippen molar-refractivity contribution in [2.75, 3.05) is 6.61 Å². The number of nitrogens with zero attached hydrogens (tertiary/aromatic N) is 2. The fraction of sp³-hybridized carbons (Fsp3) is 0.208. The van der Waals surface area contributed by atoms with Crippen LogP contribution in [-0.2, 0) is 11.3 Å². The average molecular weight is 453 g/mol. The molecule has 5 nitrogen and oxygen atoms in total. The number of esters is 1. The summed E-state index contributed by atoms with van der Waals surface area (Å²) in [6.07, 6.45) is 2.33. The molecule has 2 aromatic carbocycles. The van der Waals surface area contributed by atoms with Crippen LogP contribution >= 0.6 is 22.9 Å². The molecule has 0 aliphatic carbocycles. The summed E-state index contributed by atoms with van der Waals surface area (Å²) in [5.41, 5.74) is 3.01. The Balaban J connectivity index is 1.72. The number of carbonyl (C=O) groups excluding carboxylic acids is 1. The van der Waals surface area contributed by atoms with Crippen LogP contribution in [0.1, 0.15) is 34.1 Å². The van der Waals surface area contributed by atoms with Crippen LogP contribution in [-0.4, -0.2) is 22.1 Å². The molecule has 0 bridgehead atoms. The highest BCUT2D eigenvalue weighted by Crippen LogP contribution is 2.35. The van der Waals surface area contributed by atoms with Crippen LogP contribution in [0.5, 0.6) is 0 Å². The van der Waals surface area contributed by atoms with E-state index < -0.39 is 0 Å². The molecule has 0 fully saturated rings. The van der Waals surface area contributed by atoms with Gasteiger partial charge in [-0.05, 0) is 48.7 Å². The molecular formula is C24H21ClN2O3S. The van der Waals surface area contributed by atoms with Crippen molar-refractivity contribution < 1.29 is 9.53 Å². The topological polar surface area (TPSA) is 61.2 Å². The maximum atomic E-state index is 13.4. The molecule has 0 N–H and O–H groups in total. The van der Waals surface area contributed by atoms with Crippen LogP contribution in [0.15, 0.2) is 59.7 Å². The number of thiophene rings is 1. The first-order valence-electron chi connectivity index (χ1n) is 9.98. The molecule has 4 rings (SSSR count). The maximum Gasteiger partial charge on any atom is 0.338 e. The second kappa shape index (κ2) is 9.04. The van der Waals surface area contributed by atoms with Crippen LogP contribution in [0.2, 0.25) is 5.02 Å². The van der Waals surface area contributed by atoms with E-state index in [1.54, 1.807) is 29.1 Å². The van der Waals surface area contributed by atoms with Crippen molar-refractivity contribution >= 4 is 39.1 Å². The van der Waals surface area contributed by atoms with Crippen LogP contribution < -0.4 is 5.56 Å². The number of hydrogen-bond acceptors (Lipinski definition) is 5. The Morgan fingerprint density at radius 3 is 2.71 bits per heavy atom. The molecule has 0 saturated carbocycles. The summed E-state index contributed by atoms with van der Waals surface area (Å²) in [6, 6.07) is 14.6. The van der Waals surface area contributed by atoms with Gasteiger partial charge in [0.15, 0.2) is 0 Å². The number of rotatable bonds is 6. The van der Waals surface area contributed by atoms with Gasteiger partial charge in [0, 0.05) is 15.5 Å². The summed E-state index contributed by atoms with van der Waals surface area (Å²) in [6.45, 7) is 4.63. The van der Waals surface area contributed by atoms with E-state index in [4.69, 9.17) is 16.3 Å². The van der Waals surface area contributed by atoms with Crippen LogP contribution in [0.25, 0.3) is 21.3 Å². The summed E-state index contributed by atoms with van der Waals surface area (Å²) in [5, 5.41) is 1.25. The predicted molar refractivity (Wildman–Crippen MR) is 125 cm³/mol. The van der Waals surface area contributed by atoms with Crippen molar-refractivity contribution in [3.05, 3.63) is 86.2 Å². The van der Waals surface area contributed by atoms with Gasteiger partial charge in [-0.1, -0.05) is 42.8 Å². The minimum Gasteiger partial charge on any atom is -0.462 e. The third-order valence-electron chi connectivity index (χ3n) is 4.94. The predicted octanol–water partition coefficient (Wildman–Crippen LogP) is 5.70. The highest BCUT2D eigenvalue weighted by molar-refractivity contribution is 7.19. The summed E-state index contributed by atoms with van der Waals surface area (Å²) < 4.78 is 6.79. The Kier molecular flexibility index (Phi) is 6.20. The van der Waals surface area contributed by atoms with Crippen molar-refractivity contribution in [3.63, 3.8) is 0 Å². The monoisotopic (exact) mass is 452 g/mol. The van der Waals surface area contributed by atoms with Crippen LogP contribution in [0, 0.1) is 6.92 Å². The number of hydrogen-bond donors (Lipinski definition) is 0. The quantitative estimate of drug-likeness (QED) is 0.352. The van der Waals surface area contributed by atoms with E-state index in [0.717, 1.165) is 28.0 Å². The lowest BCUT2D eigenvalue weighted by molar-refractivity contribution is 0.0505. The minimum absolute atomic E-state index is 0.113. The lowest BCUT2D eigenvalue weighted by Crippen LogP contribution is -2.21. The average Bonchev–Trinajstić information content (AvgIpc) is 3.11. The van der Waals surface area contributed by atoms with Gasteiger partial charge in [-0.2, -0.15) is 0 Å². The van der Waals surface area contributed by atoms with Crippen molar-refractivity contribution in [1.82, 2.24) is 9.55 Å². The van der Waals surface area contributed by atoms with Crippen molar-refractivity contribution in [3.8, 4) is 11.1 Å². The van der Waals surface area contributed by atoms with E-state index in [1.165, 1.54) is 11.3 Å². The third kappa shape index (κ3) is 4.40. The van der Waals surface area contributed by atoms with Crippen LogP contribution in [0.3, 0.4) is 0 Å². The standard InChI is InChI=1S/C24H21ClN2O3S/c1-3-11-30-24(29)18-6-4-5-16(12-18)13-27-14-26-22-21(23(27)28)20(15(2)31-22)17-7-9-19(25)10-8-17/h4-10,12,14H,3,11,13H2,1-2H3. The number of ether oxygens (including phenoxy) is 1. The highest BCUT2D eigenvalue weighted by Gasteiger charge is 2.17. The van der Waals surface area contributed by atoms with E-state index in [1.807, 2.05) is 44.2 Å². The zero-order valence-corrected chi connectivity index (χ0v) is 18.8. The van der Waals surface area contributed by atoms with Crippen molar-refractivity contribution in [1.29, 1.82) is 0 Å². The molecule has 2 heterocycles. The number of carbonyl (C=O) groups is 1. The molecule has 0 amide bonds. The smallest absolute Gasteiger partial charge is 0.338 e. The van der Waals surface area contributed by atoms with Gasteiger partial charge in [0.1, 0.15) is 4.83 Å². The van der Waals surface area contributed by atoms with Gasteiger partial charge in [0.25, 0.3) is 5.56 Å². The molecule has 4 aromatic rings. The Bertz CT molecular complexity index is 1310. The van der Waals surface area contributed by atoms with E-state index >= 15 is 0 Å². The molecule has 0 saturated heterocycles. The summed E-state index contributed by atoms with van der Waals surface area (Å²) in [4.78, 5) is 31.8. The number of aryl methyl sites for hydroxylation is 1. The minimum atomic E-state index is -0.358. The highest BCUT2D eigenvalue weighted by atomic mass is 35.5.